The molecule has 0 aromatic heterocycles. The van der Waals surface area contributed by atoms with Gasteiger partial charge in [-0.2, -0.15) is 13.2 Å². The van der Waals surface area contributed by atoms with Crippen LogP contribution in [0.15, 0.2) is 12.1 Å². The zero-order chi connectivity index (χ0) is 16.8. The number of alkyl halides is 3. The Morgan fingerprint density at radius 1 is 0.905 bits per heavy atom. The monoisotopic (exact) mass is 303 g/mol. The second kappa shape index (κ2) is 5.20. The molecule has 0 aliphatic rings. The molecule has 5 heteroatoms. The largest absolute Gasteiger partial charge is 0.507 e. The third-order valence-corrected chi connectivity index (χ3v) is 3.46. The number of rotatable bonds is 1. The molecule has 0 fully saturated rings. The van der Waals surface area contributed by atoms with Crippen LogP contribution in [0.5, 0.6) is 5.75 Å². The Kier molecular flexibility index (Phi) is 4.41. The second-order valence-electron chi connectivity index (χ2n) is 7.48. The SMILES string of the molecule is CC(C)(C)c1cc([C@H](N)C(F)(F)F)cc(C(C)(C)C)c1O. The van der Waals surface area contributed by atoms with Gasteiger partial charge < -0.3 is 10.8 Å². The summed E-state index contributed by atoms with van der Waals surface area (Å²) in [6, 6.07) is 0.672. The molecule has 0 bridgehead atoms. The fourth-order valence-corrected chi connectivity index (χ4v) is 2.17. The molecule has 0 saturated heterocycles. The summed E-state index contributed by atoms with van der Waals surface area (Å²) in [6.07, 6.45) is -4.51. The molecule has 0 saturated carbocycles. The van der Waals surface area contributed by atoms with Crippen LogP contribution in [0.25, 0.3) is 0 Å². The summed E-state index contributed by atoms with van der Waals surface area (Å²) < 4.78 is 38.7. The molecule has 3 N–H and O–H groups in total. The van der Waals surface area contributed by atoms with Crippen molar-refractivity contribution >= 4 is 0 Å². The summed E-state index contributed by atoms with van der Waals surface area (Å²) in [5, 5.41) is 10.4. The maximum Gasteiger partial charge on any atom is 0.407 e. The number of hydrogen-bond acceptors (Lipinski definition) is 2. The minimum Gasteiger partial charge on any atom is -0.507 e. The molecule has 0 spiro atoms. The van der Waals surface area contributed by atoms with Crippen molar-refractivity contribution < 1.29 is 18.3 Å². The van der Waals surface area contributed by atoms with Gasteiger partial charge in [0.2, 0.25) is 0 Å². The summed E-state index contributed by atoms with van der Waals surface area (Å²) in [5.41, 5.74) is 5.31. The van der Waals surface area contributed by atoms with Crippen molar-refractivity contribution in [1.29, 1.82) is 0 Å². The van der Waals surface area contributed by atoms with Crippen molar-refractivity contribution in [2.24, 2.45) is 5.73 Å². The molecule has 120 valence electrons. The van der Waals surface area contributed by atoms with E-state index >= 15 is 0 Å². The minimum absolute atomic E-state index is 0.0184. The fourth-order valence-electron chi connectivity index (χ4n) is 2.17. The first kappa shape index (κ1) is 17.8. The van der Waals surface area contributed by atoms with Gasteiger partial charge in [-0.25, -0.2) is 0 Å². The Hall–Kier alpha value is -1.23. The first-order valence-corrected chi connectivity index (χ1v) is 6.86. The standard InChI is InChI=1S/C16H24F3NO/c1-14(2,3)10-7-9(13(20)16(17,18)19)8-11(12(10)21)15(4,5)6/h7-8,13,21H,20H2,1-6H3/t13-/m0/s1. The van der Waals surface area contributed by atoms with Gasteiger partial charge in [-0.15, -0.1) is 0 Å². The highest BCUT2D eigenvalue weighted by atomic mass is 19.4. The summed E-state index contributed by atoms with van der Waals surface area (Å²) >= 11 is 0. The van der Waals surface area contributed by atoms with Crippen molar-refractivity contribution in [1.82, 2.24) is 0 Å². The molecule has 1 rings (SSSR count). The van der Waals surface area contributed by atoms with Crippen molar-refractivity contribution in [2.45, 2.75) is 64.6 Å². The van der Waals surface area contributed by atoms with E-state index in [4.69, 9.17) is 5.73 Å². The van der Waals surface area contributed by atoms with Crippen molar-refractivity contribution in [3.05, 3.63) is 28.8 Å². The summed E-state index contributed by atoms with van der Waals surface area (Å²) in [6.45, 7) is 11.1. The lowest BCUT2D eigenvalue weighted by Crippen LogP contribution is -2.29. The molecule has 0 radical (unpaired) electrons. The average molecular weight is 303 g/mol. The Labute approximate surface area is 124 Å². The summed E-state index contributed by atoms with van der Waals surface area (Å²) in [5.74, 6) is 0.0492. The Morgan fingerprint density at radius 3 is 1.48 bits per heavy atom. The predicted molar refractivity (Wildman–Crippen MR) is 78.5 cm³/mol. The first-order chi connectivity index (χ1) is 9.15. The van der Waals surface area contributed by atoms with Crippen LogP contribution >= 0.6 is 0 Å². The molecule has 1 aromatic rings. The van der Waals surface area contributed by atoms with Crippen molar-refractivity contribution in [2.75, 3.05) is 0 Å². The highest BCUT2D eigenvalue weighted by Crippen LogP contribution is 2.42. The van der Waals surface area contributed by atoms with Crippen molar-refractivity contribution in [3.8, 4) is 5.75 Å². The number of nitrogens with two attached hydrogens (primary N) is 1. The van der Waals surface area contributed by atoms with Gasteiger partial charge in [-0.05, 0) is 39.7 Å². The van der Waals surface area contributed by atoms with Gasteiger partial charge in [-0.1, -0.05) is 41.5 Å². The van der Waals surface area contributed by atoms with Crippen LogP contribution in [-0.2, 0) is 10.8 Å². The number of aromatic hydroxyl groups is 1. The van der Waals surface area contributed by atoms with Crippen LogP contribution in [0.4, 0.5) is 13.2 Å². The number of halogens is 3. The van der Waals surface area contributed by atoms with Crippen LogP contribution in [0, 0.1) is 0 Å². The zero-order valence-corrected chi connectivity index (χ0v) is 13.4. The lowest BCUT2D eigenvalue weighted by atomic mass is 9.77. The van der Waals surface area contributed by atoms with E-state index in [1.54, 1.807) is 0 Å². The summed E-state index contributed by atoms with van der Waals surface area (Å²) in [7, 11) is 0. The van der Waals surface area contributed by atoms with Crippen LogP contribution in [-0.4, -0.2) is 11.3 Å². The maximum absolute atomic E-state index is 12.9. The van der Waals surface area contributed by atoms with Crippen LogP contribution < -0.4 is 5.73 Å². The molecule has 0 aliphatic carbocycles. The van der Waals surface area contributed by atoms with E-state index < -0.39 is 23.0 Å². The van der Waals surface area contributed by atoms with E-state index in [2.05, 4.69) is 0 Å². The van der Waals surface area contributed by atoms with Crippen LogP contribution in [0.3, 0.4) is 0 Å². The van der Waals surface area contributed by atoms with Gasteiger partial charge in [0.15, 0.2) is 0 Å². The fraction of sp³-hybridized carbons (Fsp3) is 0.625. The first-order valence-electron chi connectivity index (χ1n) is 6.86. The molecular weight excluding hydrogens is 279 g/mol. The lowest BCUT2D eigenvalue weighted by molar-refractivity contribution is -0.149. The van der Waals surface area contributed by atoms with E-state index in [1.165, 1.54) is 12.1 Å². The number of benzene rings is 1. The maximum atomic E-state index is 12.9. The molecule has 1 atom stereocenters. The van der Waals surface area contributed by atoms with E-state index in [9.17, 15) is 18.3 Å². The van der Waals surface area contributed by atoms with Gasteiger partial charge in [0.1, 0.15) is 11.8 Å². The Morgan fingerprint density at radius 2 is 1.24 bits per heavy atom. The van der Waals surface area contributed by atoms with E-state index in [0.717, 1.165) is 0 Å². The van der Waals surface area contributed by atoms with Crippen LogP contribution in [0.2, 0.25) is 0 Å². The molecule has 2 nitrogen and oxygen atoms in total. The smallest absolute Gasteiger partial charge is 0.407 e. The number of hydrogen-bond donors (Lipinski definition) is 2. The van der Waals surface area contributed by atoms with Crippen LogP contribution in [0.1, 0.15) is 64.3 Å². The van der Waals surface area contributed by atoms with E-state index in [1.807, 2.05) is 41.5 Å². The van der Waals surface area contributed by atoms with Gasteiger partial charge in [0.05, 0.1) is 0 Å². The molecule has 0 amide bonds. The molecule has 0 unspecified atom stereocenters. The molecule has 21 heavy (non-hydrogen) atoms. The zero-order valence-electron chi connectivity index (χ0n) is 13.4. The second-order valence-corrected chi connectivity index (χ2v) is 7.48. The molecule has 0 heterocycles. The average Bonchev–Trinajstić information content (AvgIpc) is 2.23. The lowest BCUT2D eigenvalue weighted by Gasteiger charge is -2.29. The molecule has 1 aromatic carbocycles. The summed E-state index contributed by atoms with van der Waals surface area (Å²) in [4.78, 5) is 0. The normalized spacial score (nSPS) is 15.1. The van der Waals surface area contributed by atoms with Gasteiger partial charge in [0.25, 0.3) is 0 Å². The predicted octanol–water partition coefficient (Wildman–Crippen LogP) is 4.55. The van der Waals surface area contributed by atoms with Gasteiger partial charge in [0, 0.05) is 0 Å². The number of phenolic OH excluding ortho intramolecular Hbond substituents is 1. The van der Waals surface area contributed by atoms with Gasteiger partial charge >= 0.3 is 6.18 Å². The van der Waals surface area contributed by atoms with Crippen molar-refractivity contribution in [3.63, 3.8) is 0 Å². The third kappa shape index (κ3) is 3.90. The Balaban J connectivity index is 3.63. The molecule has 0 aliphatic heterocycles. The molecular formula is C16H24F3NO. The third-order valence-electron chi connectivity index (χ3n) is 3.46. The van der Waals surface area contributed by atoms with Gasteiger partial charge in [-0.3, -0.25) is 0 Å². The minimum atomic E-state index is -4.51. The Bertz CT molecular complexity index is 487. The highest BCUT2D eigenvalue weighted by Gasteiger charge is 2.39. The van der Waals surface area contributed by atoms with E-state index in [0.29, 0.717) is 11.1 Å². The highest BCUT2D eigenvalue weighted by molar-refractivity contribution is 5.50. The van der Waals surface area contributed by atoms with E-state index in [-0.39, 0.29) is 11.3 Å². The quantitative estimate of drug-likeness (QED) is 0.799. The number of phenols is 1. The topological polar surface area (TPSA) is 46.2 Å².